The molecule has 2 aromatic heterocycles. The van der Waals surface area contributed by atoms with E-state index in [1.54, 1.807) is 23.8 Å². The van der Waals surface area contributed by atoms with E-state index in [0.29, 0.717) is 6.42 Å². The Labute approximate surface area is 212 Å². The minimum absolute atomic E-state index is 0.0296. The second-order valence-corrected chi connectivity index (χ2v) is 11.2. The zero-order valence-corrected chi connectivity index (χ0v) is 21.6. The smallest absolute Gasteiger partial charge is 0.317 e. The van der Waals surface area contributed by atoms with Crippen LogP contribution in [0, 0.1) is 13.8 Å². The number of hydrogen-bond donors (Lipinski definition) is 2. The molecule has 1 spiro atoms. The number of carbonyl (C=O) groups excluding carboxylic acids is 3. The minimum atomic E-state index is -0.540. The van der Waals surface area contributed by atoms with Crippen LogP contribution < -0.4 is 15.8 Å². The summed E-state index contributed by atoms with van der Waals surface area (Å²) in [6.45, 7) is 5.38. The van der Waals surface area contributed by atoms with Crippen molar-refractivity contribution in [3.8, 4) is 5.75 Å². The van der Waals surface area contributed by atoms with E-state index in [1.807, 2.05) is 44.2 Å². The molecule has 3 N–H and O–H groups in total. The molecule has 184 valence electrons. The summed E-state index contributed by atoms with van der Waals surface area (Å²) in [6.07, 6.45) is 3.23. The Morgan fingerprint density at radius 3 is 2.63 bits per heavy atom. The van der Waals surface area contributed by atoms with Gasteiger partial charge in [-0.3, -0.25) is 14.9 Å². The third-order valence-electron chi connectivity index (χ3n) is 6.33. The van der Waals surface area contributed by atoms with E-state index < -0.39 is 6.03 Å². The van der Waals surface area contributed by atoms with Gasteiger partial charge in [0.15, 0.2) is 5.78 Å². The summed E-state index contributed by atoms with van der Waals surface area (Å²) >= 11 is 3.24. The first-order valence-electron chi connectivity index (χ1n) is 11.3. The van der Waals surface area contributed by atoms with Gasteiger partial charge in [0.25, 0.3) is 0 Å². The summed E-state index contributed by atoms with van der Waals surface area (Å²) in [5.74, 6) is 0.918. The van der Waals surface area contributed by atoms with Crippen molar-refractivity contribution in [2.45, 2.75) is 42.8 Å². The lowest BCUT2D eigenvalue weighted by Gasteiger charge is -2.42. The van der Waals surface area contributed by atoms with Gasteiger partial charge >= 0.3 is 6.03 Å². The van der Waals surface area contributed by atoms with E-state index >= 15 is 0 Å². The summed E-state index contributed by atoms with van der Waals surface area (Å²) in [7, 11) is 1.61. The number of nitrogens with one attached hydrogen (secondary N) is 1. The molecule has 0 atom stereocenters. The number of urea groups is 1. The van der Waals surface area contributed by atoms with Gasteiger partial charge in [0.1, 0.15) is 15.6 Å². The average Bonchev–Trinajstić information content (AvgIpc) is 3.13. The number of benzene rings is 1. The van der Waals surface area contributed by atoms with Gasteiger partial charge in [0, 0.05) is 45.8 Å². The highest BCUT2D eigenvalue weighted by atomic mass is 32.2. The van der Waals surface area contributed by atoms with Crippen LogP contribution in [0.15, 0.2) is 35.2 Å². The van der Waals surface area contributed by atoms with E-state index in [4.69, 9.17) is 10.5 Å². The van der Waals surface area contributed by atoms with E-state index in [1.165, 1.54) is 11.3 Å². The van der Waals surface area contributed by atoms with E-state index in [9.17, 15) is 14.4 Å². The molecule has 4 heterocycles. The lowest BCUT2D eigenvalue weighted by molar-refractivity contribution is -0.119. The number of ether oxygens (including phenoxy) is 1. The summed E-state index contributed by atoms with van der Waals surface area (Å²) in [4.78, 5) is 42.1. The number of aromatic nitrogens is 1. The second-order valence-electron chi connectivity index (χ2n) is 8.74. The standard InChI is InChI=1S/C15H17NO3S.C10H11N3OS/c1-19-11-2-3-14-12(8-11)13(18)9-15(20-14)4-6-16(10-17)7-5-15;1-5-3-4-7-6(2)8(13-10(11)14)15-9(7)12-5/h2-3,8,10H,4-7,9H2,1H3;3-4H,1-2H3,(H3,11,13,14). The largest absolute Gasteiger partial charge is 0.497 e. The van der Waals surface area contributed by atoms with Crippen molar-refractivity contribution in [1.29, 1.82) is 0 Å². The molecule has 1 fully saturated rings. The molecule has 5 rings (SSSR count). The van der Waals surface area contributed by atoms with E-state index in [2.05, 4.69) is 10.3 Å². The number of Topliss-reactive ketones (excluding diaryl/α,β-unsaturated/α-hetero) is 1. The highest BCUT2D eigenvalue weighted by Gasteiger charge is 2.41. The Bertz CT molecular complexity index is 1280. The molecule has 0 radical (unpaired) electrons. The van der Waals surface area contributed by atoms with E-state index in [0.717, 1.165) is 75.0 Å². The number of piperidine rings is 1. The first-order valence-corrected chi connectivity index (χ1v) is 12.9. The number of carbonyl (C=O) groups is 3. The predicted molar refractivity (Wildman–Crippen MR) is 140 cm³/mol. The van der Waals surface area contributed by atoms with Crippen molar-refractivity contribution in [1.82, 2.24) is 9.88 Å². The molecule has 1 saturated heterocycles. The molecule has 1 aromatic carbocycles. The molecule has 3 amide bonds. The Kier molecular flexibility index (Phi) is 7.32. The molecule has 35 heavy (non-hydrogen) atoms. The number of nitrogens with zero attached hydrogens (tertiary/aromatic N) is 2. The monoisotopic (exact) mass is 512 g/mol. The maximum Gasteiger partial charge on any atom is 0.317 e. The highest BCUT2D eigenvalue weighted by molar-refractivity contribution is 8.01. The van der Waals surface area contributed by atoms with Crippen LogP contribution in [0.25, 0.3) is 10.2 Å². The van der Waals surface area contributed by atoms with Crippen LogP contribution in [0.5, 0.6) is 5.75 Å². The topological polar surface area (TPSA) is 115 Å². The van der Waals surface area contributed by atoms with Gasteiger partial charge < -0.3 is 15.4 Å². The normalized spacial score (nSPS) is 16.3. The van der Waals surface area contributed by atoms with Crippen LogP contribution in [0.3, 0.4) is 0 Å². The van der Waals surface area contributed by atoms with Crippen LogP contribution in [0.1, 0.15) is 40.9 Å². The van der Waals surface area contributed by atoms with Crippen molar-refractivity contribution in [3.05, 3.63) is 47.2 Å². The molecule has 0 saturated carbocycles. The second kappa shape index (κ2) is 10.2. The number of thioether (sulfide) groups is 1. The van der Waals surface area contributed by atoms with Gasteiger partial charge in [-0.2, -0.15) is 0 Å². The Hall–Kier alpha value is -3.11. The number of ketones is 1. The average molecular weight is 513 g/mol. The molecule has 2 aliphatic rings. The summed E-state index contributed by atoms with van der Waals surface area (Å²) in [5, 5.41) is 4.44. The van der Waals surface area contributed by atoms with Crippen LogP contribution in [-0.4, -0.2) is 53.1 Å². The fraction of sp³-hybridized carbons (Fsp3) is 0.360. The van der Waals surface area contributed by atoms with Crippen molar-refractivity contribution in [3.63, 3.8) is 0 Å². The van der Waals surface area contributed by atoms with Crippen LogP contribution in [0.2, 0.25) is 0 Å². The predicted octanol–water partition coefficient (Wildman–Crippen LogP) is 4.77. The number of amides is 3. The number of methoxy groups -OCH3 is 1. The molecule has 3 aromatic rings. The Morgan fingerprint density at radius 1 is 1.23 bits per heavy atom. The first kappa shape index (κ1) is 25.0. The summed E-state index contributed by atoms with van der Waals surface area (Å²) < 4.78 is 5.16. The molecule has 8 nitrogen and oxygen atoms in total. The molecule has 2 aliphatic heterocycles. The fourth-order valence-corrected chi connectivity index (χ4v) is 6.94. The Morgan fingerprint density at radius 2 is 1.97 bits per heavy atom. The number of likely N-dealkylation sites (tertiary alicyclic amines) is 1. The number of aryl methyl sites for hydroxylation is 2. The number of pyridine rings is 1. The zero-order valence-electron chi connectivity index (χ0n) is 19.9. The molecule has 0 bridgehead atoms. The summed E-state index contributed by atoms with van der Waals surface area (Å²) in [5.41, 5.74) is 7.84. The number of nitrogens with two attached hydrogens (primary N) is 1. The molecular weight excluding hydrogens is 484 g/mol. The van der Waals surface area contributed by atoms with Crippen molar-refractivity contribution in [2.24, 2.45) is 5.73 Å². The summed E-state index contributed by atoms with van der Waals surface area (Å²) in [6, 6.07) is 9.13. The van der Waals surface area contributed by atoms with Gasteiger partial charge in [-0.25, -0.2) is 9.78 Å². The molecular formula is C25H28N4O4S2. The van der Waals surface area contributed by atoms with Crippen LogP contribution in [0.4, 0.5) is 9.80 Å². The quantitative estimate of drug-likeness (QED) is 0.489. The van der Waals surface area contributed by atoms with Gasteiger partial charge in [-0.05, 0) is 62.6 Å². The Balaban J connectivity index is 0.000000172. The van der Waals surface area contributed by atoms with Gasteiger partial charge in [0.05, 0.1) is 7.11 Å². The van der Waals surface area contributed by atoms with Gasteiger partial charge in [-0.15, -0.1) is 11.8 Å². The zero-order chi connectivity index (χ0) is 25.2. The maximum atomic E-state index is 12.4. The highest BCUT2D eigenvalue weighted by Crippen LogP contribution is 2.49. The number of primary amides is 1. The number of thiophene rings is 1. The van der Waals surface area contributed by atoms with Crippen LogP contribution in [-0.2, 0) is 4.79 Å². The fourth-order valence-electron chi connectivity index (χ4n) is 4.34. The minimum Gasteiger partial charge on any atom is -0.497 e. The van der Waals surface area contributed by atoms with Crippen LogP contribution >= 0.6 is 23.1 Å². The molecule has 0 aliphatic carbocycles. The number of fused-ring (bicyclic) bond motifs is 2. The SMILES string of the molecule is COc1ccc2c(c1)C(=O)CC1(CCN(C=O)CC1)S2.Cc1ccc2c(C)c(NC(N)=O)sc2n1. The third-order valence-corrected chi connectivity index (χ3v) is 9.01. The van der Waals surface area contributed by atoms with Gasteiger partial charge in [-0.1, -0.05) is 11.3 Å². The first-order chi connectivity index (χ1) is 16.7. The van der Waals surface area contributed by atoms with Gasteiger partial charge in [0.2, 0.25) is 6.41 Å². The third kappa shape index (κ3) is 5.43. The van der Waals surface area contributed by atoms with Crippen molar-refractivity contribution >= 4 is 56.5 Å². The number of rotatable bonds is 3. The van der Waals surface area contributed by atoms with Crippen molar-refractivity contribution in [2.75, 3.05) is 25.5 Å². The number of hydrogen-bond acceptors (Lipinski definition) is 7. The molecule has 10 heteroatoms. The number of anilines is 1. The lowest BCUT2D eigenvalue weighted by Crippen LogP contribution is -2.44. The maximum absolute atomic E-state index is 12.4. The van der Waals surface area contributed by atoms with E-state index in [-0.39, 0.29) is 10.5 Å². The lowest BCUT2D eigenvalue weighted by atomic mass is 9.88. The van der Waals surface area contributed by atoms with Crippen molar-refractivity contribution < 1.29 is 19.1 Å². The molecule has 0 unspecified atom stereocenters.